The van der Waals surface area contributed by atoms with Gasteiger partial charge in [0.05, 0.1) is 41.8 Å². The van der Waals surface area contributed by atoms with E-state index in [4.69, 9.17) is 4.74 Å². The van der Waals surface area contributed by atoms with Gasteiger partial charge in [0.1, 0.15) is 5.69 Å². The fourth-order valence-electron chi connectivity index (χ4n) is 3.38. The number of rotatable bonds is 3. The zero-order valence-corrected chi connectivity index (χ0v) is 14.3. The Hall–Kier alpha value is -2.67. The fourth-order valence-corrected chi connectivity index (χ4v) is 3.38. The van der Waals surface area contributed by atoms with Crippen molar-refractivity contribution in [3.05, 3.63) is 48.0 Å². The zero-order chi connectivity index (χ0) is 17.4. The second kappa shape index (κ2) is 6.33. The largest absolute Gasteiger partial charge is 0.372 e. The number of fused-ring (bicyclic) bond motifs is 1. The Labute approximate surface area is 145 Å². The molecule has 1 aliphatic heterocycles. The number of imidazole rings is 1. The number of amides is 1. The van der Waals surface area contributed by atoms with E-state index in [0.29, 0.717) is 25.3 Å². The number of benzene rings is 1. The molecule has 25 heavy (non-hydrogen) atoms. The van der Waals surface area contributed by atoms with Crippen LogP contribution in [0.3, 0.4) is 0 Å². The Morgan fingerprint density at radius 2 is 2.04 bits per heavy atom. The molecule has 2 aromatic heterocycles. The lowest BCUT2D eigenvalue weighted by molar-refractivity contribution is -0.0587. The van der Waals surface area contributed by atoms with Crippen molar-refractivity contribution in [2.75, 3.05) is 13.1 Å². The van der Waals surface area contributed by atoms with Crippen LogP contribution in [0.15, 0.2) is 36.7 Å². The molecule has 4 rings (SSSR count). The van der Waals surface area contributed by atoms with Crippen molar-refractivity contribution in [1.82, 2.24) is 24.6 Å². The molecule has 0 bridgehead atoms. The molecule has 3 aromatic rings. The van der Waals surface area contributed by atoms with Crippen molar-refractivity contribution in [3.8, 4) is 0 Å². The van der Waals surface area contributed by atoms with E-state index >= 15 is 0 Å². The minimum absolute atomic E-state index is 0.0448. The third kappa shape index (κ3) is 3.15. The van der Waals surface area contributed by atoms with E-state index < -0.39 is 0 Å². The van der Waals surface area contributed by atoms with Gasteiger partial charge < -0.3 is 14.2 Å². The van der Waals surface area contributed by atoms with Gasteiger partial charge in [0.25, 0.3) is 5.91 Å². The van der Waals surface area contributed by atoms with Crippen LogP contribution in [-0.4, -0.2) is 55.9 Å². The average Bonchev–Trinajstić information content (AvgIpc) is 3.21. The van der Waals surface area contributed by atoms with Gasteiger partial charge in [-0.3, -0.25) is 9.89 Å². The lowest BCUT2D eigenvalue weighted by Gasteiger charge is -2.34. The summed E-state index contributed by atoms with van der Waals surface area (Å²) in [6.07, 6.45) is 1.89. The molecule has 1 fully saturated rings. The quantitative estimate of drug-likeness (QED) is 0.792. The lowest BCUT2D eigenvalue weighted by atomic mass is 10.2. The second-order valence-corrected chi connectivity index (χ2v) is 6.61. The Bertz CT molecular complexity index is 890. The summed E-state index contributed by atoms with van der Waals surface area (Å²) in [6, 6.07) is 9.79. The van der Waals surface area contributed by atoms with Gasteiger partial charge in [-0.25, -0.2) is 4.98 Å². The van der Waals surface area contributed by atoms with Crippen LogP contribution in [-0.2, 0) is 11.3 Å². The molecule has 2 atom stereocenters. The summed E-state index contributed by atoms with van der Waals surface area (Å²) in [5.41, 5.74) is 3.33. The Morgan fingerprint density at radius 3 is 2.84 bits per heavy atom. The summed E-state index contributed by atoms with van der Waals surface area (Å²) < 4.78 is 7.72. The highest BCUT2D eigenvalue weighted by molar-refractivity contribution is 5.92. The molecule has 3 heterocycles. The Kier molecular flexibility index (Phi) is 4.01. The predicted molar refractivity (Wildman–Crippen MR) is 93.3 cm³/mol. The van der Waals surface area contributed by atoms with E-state index in [2.05, 4.69) is 15.2 Å². The average molecular weight is 339 g/mol. The first-order valence-corrected chi connectivity index (χ1v) is 8.49. The van der Waals surface area contributed by atoms with Gasteiger partial charge >= 0.3 is 0 Å². The number of para-hydroxylation sites is 2. The van der Waals surface area contributed by atoms with E-state index in [1.807, 2.05) is 53.6 Å². The fraction of sp³-hybridized carbons (Fsp3) is 0.389. The van der Waals surface area contributed by atoms with E-state index in [1.54, 1.807) is 6.33 Å². The number of hydrogen-bond acceptors (Lipinski definition) is 4. The second-order valence-electron chi connectivity index (χ2n) is 6.61. The summed E-state index contributed by atoms with van der Waals surface area (Å²) in [5.74, 6) is -0.0556. The molecule has 0 aliphatic carbocycles. The van der Waals surface area contributed by atoms with Crippen molar-refractivity contribution in [2.45, 2.75) is 32.6 Å². The van der Waals surface area contributed by atoms with E-state index in [-0.39, 0.29) is 18.1 Å². The van der Waals surface area contributed by atoms with Gasteiger partial charge in [0.15, 0.2) is 0 Å². The smallest absolute Gasteiger partial charge is 0.274 e. The number of aromatic amines is 1. The summed E-state index contributed by atoms with van der Waals surface area (Å²) in [6.45, 7) is 5.75. The van der Waals surface area contributed by atoms with E-state index in [9.17, 15) is 4.79 Å². The van der Waals surface area contributed by atoms with Crippen molar-refractivity contribution >= 4 is 16.9 Å². The van der Waals surface area contributed by atoms with Crippen LogP contribution in [0.25, 0.3) is 11.0 Å². The third-order valence-corrected chi connectivity index (χ3v) is 4.42. The van der Waals surface area contributed by atoms with Gasteiger partial charge in [-0.2, -0.15) is 5.10 Å². The molecule has 1 N–H and O–H groups in total. The molecular weight excluding hydrogens is 318 g/mol. The maximum Gasteiger partial charge on any atom is 0.274 e. The molecule has 1 aromatic carbocycles. The number of H-pyrrole nitrogens is 1. The standard InChI is InChI=1S/C18H21N5O2/c1-12-8-22(9-13(2)25-12)18(24)16-7-14(20-21-16)10-23-11-19-15-5-3-4-6-17(15)23/h3-7,11-13H,8-10H2,1-2H3,(H,20,21)/t12-,13+. The van der Waals surface area contributed by atoms with Crippen LogP contribution < -0.4 is 0 Å². The topological polar surface area (TPSA) is 76.0 Å². The Balaban J connectivity index is 1.51. The molecular formula is C18H21N5O2. The first-order valence-electron chi connectivity index (χ1n) is 8.49. The summed E-state index contributed by atoms with van der Waals surface area (Å²) in [7, 11) is 0. The Morgan fingerprint density at radius 1 is 1.28 bits per heavy atom. The normalized spacial score (nSPS) is 21.0. The summed E-state index contributed by atoms with van der Waals surface area (Å²) in [5, 5.41) is 7.19. The van der Waals surface area contributed by atoms with Crippen molar-refractivity contribution in [2.24, 2.45) is 0 Å². The number of nitrogens with zero attached hydrogens (tertiary/aromatic N) is 4. The number of morpholine rings is 1. The van der Waals surface area contributed by atoms with Gasteiger partial charge in [0, 0.05) is 13.1 Å². The SMILES string of the molecule is C[C@@H]1CN(C(=O)c2cc(Cn3cnc4ccccc43)[nH]n2)C[C@H](C)O1. The number of carbonyl (C=O) groups is 1. The summed E-state index contributed by atoms with van der Waals surface area (Å²) >= 11 is 0. The monoisotopic (exact) mass is 339 g/mol. The van der Waals surface area contributed by atoms with Crippen LogP contribution in [0.1, 0.15) is 30.0 Å². The van der Waals surface area contributed by atoms with Crippen LogP contribution in [0.2, 0.25) is 0 Å². The molecule has 0 unspecified atom stereocenters. The highest BCUT2D eigenvalue weighted by Crippen LogP contribution is 2.16. The van der Waals surface area contributed by atoms with Gasteiger partial charge in [-0.15, -0.1) is 0 Å². The minimum atomic E-state index is -0.0556. The van der Waals surface area contributed by atoms with Gasteiger partial charge in [0.2, 0.25) is 0 Å². The number of carbonyl (C=O) groups excluding carboxylic acids is 1. The van der Waals surface area contributed by atoms with Gasteiger partial charge in [-0.1, -0.05) is 12.1 Å². The third-order valence-electron chi connectivity index (χ3n) is 4.42. The minimum Gasteiger partial charge on any atom is -0.372 e. The van der Waals surface area contributed by atoms with E-state index in [0.717, 1.165) is 16.7 Å². The molecule has 1 amide bonds. The number of nitrogens with one attached hydrogen (secondary N) is 1. The molecule has 1 aliphatic rings. The molecule has 1 saturated heterocycles. The summed E-state index contributed by atoms with van der Waals surface area (Å²) in [4.78, 5) is 18.9. The maximum absolute atomic E-state index is 12.7. The molecule has 7 nitrogen and oxygen atoms in total. The molecule has 0 radical (unpaired) electrons. The molecule has 130 valence electrons. The van der Waals surface area contributed by atoms with Crippen LogP contribution >= 0.6 is 0 Å². The lowest BCUT2D eigenvalue weighted by Crippen LogP contribution is -2.48. The predicted octanol–water partition coefficient (Wildman–Crippen LogP) is 2.06. The highest BCUT2D eigenvalue weighted by atomic mass is 16.5. The van der Waals surface area contributed by atoms with Crippen LogP contribution in [0.4, 0.5) is 0 Å². The number of ether oxygens (including phenoxy) is 1. The molecule has 0 spiro atoms. The van der Waals surface area contributed by atoms with Crippen LogP contribution in [0.5, 0.6) is 0 Å². The molecule has 7 heteroatoms. The first kappa shape index (κ1) is 15.8. The van der Waals surface area contributed by atoms with Crippen molar-refractivity contribution in [3.63, 3.8) is 0 Å². The van der Waals surface area contributed by atoms with Crippen molar-refractivity contribution in [1.29, 1.82) is 0 Å². The first-order chi connectivity index (χ1) is 12.1. The highest BCUT2D eigenvalue weighted by Gasteiger charge is 2.27. The van der Waals surface area contributed by atoms with E-state index in [1.165, 1.54) is 0 Å². The van der Waals surface area contributed by atoms with Crippen molar-refractivity contribution < 1.29 is 9.53 Å². The number of aromatic nitrogens is 4. The maximum atomic E-state index is 12.7. The van der Waals surface area contributed by atoms with Gasteiger partial charge in [-0.05, 0) is 32.0 Å². The van der Waals surface area contributed by atoms with Crippen LogP contribution in [0, 0.1) is 0 Å². The zero-order valence-electron chi connectivity index (χ0n) is 14.3. The molecule has 0 saturated carbocycles. The number of hydrogen-bond donors (Lipinski definition) is 1.